The van der Waals surface area contributed by atoms with Gasteiger partial charge in [-0.1, -0.05) is 0 Å². The van der Waals surface area contributed by atoms with Gasteiger partial charge in [-0.05, 0) is 30.9 Å². The molecule has 0 saturated carbocycles. The second-order valence-electron chi connectivity index (χ2n) is 4.49. The van der Waals surface area contributed by atoms with Gasteiger partial charge in [0.05, 0.1) is 5.56 Å². The number of rotatable bonds is 3. The van der Waals surface area contributed by atoms with Gasteiger partial charge in [0, 0.05) is 25.9 Å². The lowest BCUT2D eigenvalue weighted by Gasteiger charge is -2.31. The molecule has 6 nitrogen and oxygen atoms in total. The van der Waals surface area contributed by atoms with E-state index < -0.39 is 0 Å². The van der Waals surface area contributed by atoms with E-state index in [-0.39, 0.29) is 12.5 Å². The summed E-state index contributed by atoms with van der Waals surface area (Å²) in [5.41, 5.74) is 2.99. The molecule has 0 radical (unpaired) electrons. The van der Waals surface area contributed by atoms with Gasteiger partial charge >= 0.3 is 0 Å². The van der Waals surface area contributed by atoms with Crippen molar-refractivity contribution in [2.75, 3.05) is 25.1 Å². The van der Waals surface area contributed by atoms with Crippen LogP contribution in [-0.4, -0.2) is 40.6 Å². The number of carbonyl (C=O) groups is 1. The minimum atomic E-state index is -0.0116. The second kappa shape index (κ2) is 5.79. The number of aliphatic hydroxyl groups is 1. The summed E-state index contributed by atoms with van der Waals surface area (Å²) in [4.78, 5) is 18.0. The fourth-order valence-corrected chi connectivity index (χ4v) is 2.11. The molecule has 1 fully saturated rings. The molecular weight excluding hydrogens is 232 g/mol. The molecule has 1 aromatic heterocycles. The molecule has 0 bridgehead atoms. The molecule has 98 valence electrons. The van der Waals surface area contributed by atoms with Crippen molar-refractivity contribution >= 4 is 11.7 Å². The number of nitrogens with two attached hydrogens (primary N) is 1. The number of nitrogens with one attached hydrogen (secondary N) is 1. The Labute approximate surface area is 106 Å². The predicted molar refractivity (Wildman–Crippen MR) is 67.8 cm³/mol. The lowest BCUT2D eigenvalue weighted by Crippen LogP contribution is -2.39. The molecule has 0 aromatic carbocycles. The number of hydrogen-bond acceptors (Lipinski definition) is 5. The quantitative estimate of drug-likeness (QED) is 0.527. The highest BCUT2D eigenvalue weighted by molar-refractivity contribution is 5.94. The van der Waals surface area contributed by atoms with Crippen LogP contribution in [0.15, 0.2) is 18.3 Å². The summed E-state index contributed by atoms with van der Waals surface area (Å²) in [5.74, 6) is 6.07. The summed E-state index contributed by atoms with van der Waals surface area (Å²) in [6, 6.07) is 3.39. The molecule has 1 aromatic rings. The highest BCUT2D eigenvalue weighted by Gasteiger charge is 2.23. The van der Waals surface area contributed by atoms with Gasteiger partial charge in [0.1, 0.15) is 5.82 Å². The Morgan fingerprint density at radius 3 is 2.72 bits per heavy atom. The summed E-state index contributed by atoms with van der Waals surface area (Å²) < 4.78 is 0. The van der Waals surface area contributed by atoms with Crippen LogP contribution in [0.5, 0.6) is 0 Å². The van der Waals surface area contributed by atoms with E-state index in [1.54, 1.807) is 17.0 Å². The van der Waals surface area contributed by atoms with E-state index in [0.29, 0.717) is 30.4 Å². The number of aliphatic hydroxyl groups excluding tert-OH is 1. The first kappa shape index (κ1) is 12.8. The third-order valence-electron chi connectivity index (χ3n) is 3.32. The van der Waals surface area contributed by atoms with E-state index in [1.807, 2.05) is 0 Å². The zero-order valence-corrected chi connectivity index (χ0v) is 10.2. The van der Waals surface area contributed by atoms with Crippen molar-refractivity contribution in [3.63, 3.8) is 0 Å². The first-order chi connectivity index (χ1) is 8.74. The Hall–Kier alpha value is -1.66. The van der Waals surface area contributed by atoms with Crippen LogP contribution in [0.25, 0.3) is 0 Å². The van der Waals surface area contributed by atoms with Gasteiger partial charge in [0.25, 0.3) is 5.91 Å². The molecule has 2 rings (SSSR count). The van der Waals surface area contributed by atoms with Gasteiger partial charge in [-0.3, -0.25) is 4.79 Å². The standard InChI is InChI=1S/C12H18N4O2/c13-15-11-2-1-10(7-14-11)12(18)16-5-3-9(8-17)4-6-16/h1-2,7,9,17H,3-6,8,13H2,(H,14,15). The number of carbonyl (C=O) groups excluding carboxylic acids is 1. The molecule has 0 unspecified atom stereocenters. The number of nitrogen functional groups attached to an aromatic ring is 1. The molecule has 2 heterocycles. The van der Waals surface area contributed by atoms with E-state index in [1.165, 1.54) is 6.20 Å². The second-order valence-corrected chi connectivity index (χ2v) is 4.49. The van der Waals surface area contributed by atoms with Crippen molar-refractivity contribution in [1.82, 2.24) is 9.88 Å². The van der Waals surface area contributed by atoms with E-state index in [2.05, 4.69) is 10.4 Å². The fraction of sp³-hybridized carbons (Fsp3) is 0.500. The molecule has 0 atom stereocenters. The number of likely N-dealkylation sites (tertiary alicyclic amines) is 1. The van der Waals surface area contributed by atoms with Gasteiger partial charge < -0.3 is 15.4 Å². The smallest absolute Gasteiger partial charge is 0.255 e. The molecule has 1 saturated heterocycles. The molecule has 0 aliphatic carbocycles. The van der Waals surface area contributed by atoms with Gasteiger partial charge in [-0.2, -0.15) is 0 Å². The first-order valence-electron chi connectivity index (χ1n) is 6.07. The summed E-state index contributed by atoms with van der Waals surface area (Å²) in [7, 11) is 0. The number of nitrogens with zero attached hydrogens (tertiary/aromatic N) is 2. The predicted octanol–water partition coefficient (Wildman–Crippen LogP) is 0.212. The van der Waals surface area contributed by atoms with Crippen LogP contribution in [0.2, 0.25) is 0 Å². The van der Waals surface area contributed by atoms with Crippen LogP contribution in [0.4, 0.5) is 5.82 Å². The highest BCUT2D eigenvalue weighted by Crippen LogP contribution is 2.18. The minimum absolute atomic E-state index is 0.0116. The molecule has 1 aliphatic heterocycles. The van der Waals surface area contributed by atoms with Crippen molar-refractivity contribution in [1.29, 1.82) is 0 Å². The largest absolute Gasteiger partial charge is 0.396 e. The lowest BCUT2D eigenvalue weighted by molar-refractivity contribution is 0.0650. The van der Waals surface area contributed by atoms with Crippen molar-refractivity contribution in [3.05, 3.63) is 23.9 Å². The monoisotopic (exact) mass is 250 g/mol. The van der Waals surface area contributed by atoms with Crippen LogP contribution < -0.4 is 11.3 Å². The van der Waals surface area contributed by atoms with Gasteiger partial charge in [-0.25, -0.2) is 10.8 Å². The van der Waals surface area contributed by atoms with E-state index in [0.717, 1.165) is 12.8 Å². The van der Waals surface area contributed by atoms with Crippen molar-refractivity contribution in [2.45, 2.75) is 12.8 Å². The molecular formula is C12H18N4O2. The van der Waals surface area contributed by atoms with Gasteiger partial charge in [0.15, 0.2) is 0 Å². The molecule has 0 spiro atoms. The van der Waals surface area contributed by atoms with Gasteiger partial charge in [0.2, 0.25) is 0 Å². The number of hydrogen-bond donors (Lipinski definition) is 3. The third-order valence-corrected chi connectivity index (χ3v) is 3.32. The van der Waals surface area contributed by atoms with Crippen molar-refractivity contribution in [2.24, 2.45) is 11.8 Å². The Morgan fingerprint density at radius 1 is 1.50 bits per heavy atom. The zero-order chi connectivity index (χ0) is 13.0. The minimum Gasteiger partial charge on any atom is -0.396 e. The molecule has 1 aliphatic rings. The number of piperidine rings is 1. The normalized spacial score (nSPS) is 16.7. The number of anilines is 1. The Balaban J connectivity index is 1.98. The SMILES string of the molecule is NNc1ccc(C(=O)N2CCC(CO)CC2)cn1. The zero-order valence-electron chi connectivity index (χ0n) is 10.2. The number of pyridine rings is 1. The van der Waals surface area contributed by atoms with Crippen LogP contribution in [-0.2, 0) is 0 Å². The molecule has 4 N–H and O–H groups in total. The maximum absolute atomic E-state index is 12.2. The van der Waals surface area contributed by atoms with Crippen LogP contribution in [0.3, 0.4) is 0 Å². The summed E-state index contributed by atoms with van der Waals surface area (Å²) in [6.45, 7) is 1.60. The maximum Gasteiger partial charge on any atom is 0.255 e. The lowest BCUT2D eigenvalue weighted by atomic mass is 9.97. The Bertz CT molecular complexity index is 399. The maximum atomic E-state index is 12.2. The van der Waals surface area contributed by atoms with Crippen LogP contribution in [0.1, 0.15) is 23.2 Å². The third kappa shape index (κ3) is 2.77. The average molecular weight is 250 g/mol. The first-order valence-corrected chi connectivity index (χ1v) is 6.07. The number of aromatic nitrogens is 1. The summed E-state index contributed by atoms with van der Waals surface area (Å²) >= 11 is 0. The topological polar surface area (TPSA) is 91.5 Å². The van der Waals surface area contributed by atoms with Gasteiger partial charge in [-0.15, -0.1) is 0 Å². The number of amides is 1. The summed E-state index contributed by atoms with van der Waals surface area (Å²) in [5, 5.41) is 9.06. The molecule has 18 heavy (non-hydrogen) atoms. The molecule has 1 amide bonds. The van der Waals surface area contributed by atoms with Crippen LogP contribution >= 0.6 is 0 Å². The summed E-state index contributed by atoms with van der Waals surface area (Å²) in [6.07, 6.45) is 3.24. The van der Waals surface area contributed by atoms with Crippen molar-refractivity contribution in [3.8, 4) is 0 Å². The Morgan fingerprint density at radius 2 is 2.22 bits per heavy atom. The fourth-order valence-electron chi connectivity index (χ4n) is 2.11. The van der Waals surface area contributed by atoms with E-state index >= 15 is 0 Å². The highest BCUT2D eigenvalue weighted by atomic mass is 16.3. The van der Waals surface area contributed by atoms with Crippen LogP contribution in [0, 0.1) is 5.92 Å². The van der Waals surface area contributed by atoms with E-state index in [4.69, 9.17) is 10.9 Å². The molecule has 6 heteroatoms. The van der Waals surface area contributed by atoms with Crippen molar-refractivity contribution < 1.29 is 9.90 Å². The average Bonchev–Trinajstić information content (AvgIpc) is 2.47. The Kier molecular flexibility index (Phi) is 4.11. The number of hydrazine groups is 1. The van der Waals surface area contributed by atoms with E-state index in [9.17, 15) is 4.79 Å².